The molecule has 5 heteroatoms. The van der Waals surface area contributed by atoms with Gasteiger partial charge in [-0.05, 0) is 22.8 Å². The van der Waals surface area contributed by atoms with E-state index >= 15 is 0 Å². The second-order valence-electron chi connectivity index (χ2n) is 4.50. The number of carbonyl (C=O) groups excluding carboxylic acids is 1. The Labute approximate surface area is 124 Å². The maximum absolute atomic E-state index is 12.1. The van der Waals surface area contributed by atoms with E-state index < -0.39 is 6.10 Å². The summed E-state index contributed by atoms with van der Waals surface area (Å²) in [5.74, 6) is -0.255. The van der Waals surface area contributed by atoms with Crippen LogP contribution in [0.2, 0.25) is 0 Å². The Morgan fingerprint density at radius 2 is 1.86 bits per heavy atom. The van der Waals surface area contributed by atoms with Crippen molar-refractivity contribution < 1.29 is 14.4 Å². The number of hydroxylamine groups is 2. The Balaban J connectivity index is 2.23. The molecule has 1 atom stereocenters. The molecule has 1 unspecified atom stereocenters. The van der Waals surface area contributed by atoms with Crippen LogP contribution in [0.15, 0.2) is 48.8 Å². The number of hydrogen-bond acceptors (Lipinski definition) is 4. The van der Waals surface area contributed by atoms with Crippen LogP contribution in [0.25, 0.3) is 11.1 Å². The maximum Gasteiger partial charge on any atom is 0.279 e. The molecule has 1 amide bonds. The smallest absolute Gasteiger partial charge is 0.279 e. The molecule has 0 radical (unpaired) electrons. The Morgan fingerprint density at radius 1 is 1.14 bits per heavy atom. The van der Waals surface area contributed by atoms with E-state index in [4.69, 9.17) is 9.57 Å². The van der Waals surface area contributed by atoms with Gasteiger partial charge in [0.2, 0.25) is 0 Å². The van der Waals surface area contributed by atoms with E-state index in [1.165, 1.54) is 14.2 Å². The van der Waals surface area contributed by atoms with Crippen LogP contribution in [0.1, 0.15) is 11.7 Å². The van der Waals surface area contributed by atoms with Crippen LogP contribution >= 0.6 is 0 Å². The zero-order valence-corrected chi connectivity index (χ0v) is 12.3. The lowest BCUT2D eigenvalue weighted by Crippen LogP contribution is -2.31. The highest BCUT2D eigenvalue weighted by Gasteiger charge is 2.23. The van der Waals surface area contributed by atoms with Crippen LogP contribution in [-0.2, 0) is 14.4 Å². The van der Waals surface area contributed by atoms with Crippen molar-refractivity contribution in [3.05, 3.63) is 54.4 Å². The van der Waals surface area contributed by atoms with E-state index in [1.807, 2.05) is 36.4 Å². The van der Waals surface area contributed by atoms with Crippen molar-refractivity contribution in [3.8, 4) is 11.1 Å². The highest BCUT2D eigenvalue weighted by atomic mass is 16.7. The molecule has 1 heterocycles. The quantitative estimate of drug-likeness (QED) is 0.792. The van der Waals surface area contributed by atoms with Crippen molar-refractivity contribution in [2.24, 2.45) is 0 Å². The molecule has 0 saturated heterocycles. The van der Waals surface area contributed by atoms with Crippen LogP contribution in [-0.4, -0.2) is 37.2 Å². The number of amides is 1. The molecule has 0 N–H and O–H groups in total. The zero-order chi connectivity index (χ0) is 15.2. The number of hydrogen-bond donors (Lipinski definition) is 0. The van der Waals surface area contributed by atoms with Gasteiger partial charge in [0.1, 0.15) is 0 Å². The molecule has 0 aliphatic rings. The first-order valence-electron chi connectivity index (χ1n) is 6.52. The summed E-state index contributed by atoms with van der Waals surface area (Å²) in [6.45, 7) is 0. The van der Waals surface area contributed by atoms with Crippen LogP contribution in [0.3, 0.4) is 0 Å². The minimum atomic E-state index is -0.683. The molecule has 1 aromatic carbocycles. The number of nitrogens with zero attached hydrogens (tertiary/aromatic N) is 2. The summed E-state index contributed by atoms with van der Waals surface area (Å²) in [7, 11) is 4.50. The van der Waals surface area contributed by atoms with Crippen molar-refractivity contribution in [2.75, 3.05) is 21.3 Å². The van der Waals surface area contributed by atoms with Crippen molar-refractivity contribution in [3.63, 3.8) is 0 Å². The first kappa shape index (κ1) is 15.2. The third-order valence-electron chi connectivity index (χ3n) is 3.25. The molecule has 21 heavy (non-hydrogen) atoms. The third-order valence-corrected chi connectivity index (χ3v) is 3.25. The van der Waals surface area contributed by atoms with Gasteiger partial charge in [-0.1, -0.05) is 30.3 Å². The minimum Gasteiger partial charge on any atom is -0.367 e. The topological polar surface area (TPSA) is 51.7 Å². The third kappa shape index (κ3) is 3.45. The lowest BCUT2D eigenvalue weighted by Gasteiger charge is -2.21. The summed E-state index contributed by atoms with van der Waals surface area (Å²) in [6, 6.07) is 11.5. The first-order chi connectivity index (χ1) is 10.2. The van der Waals surface area contributed by atoms with Crippen LogP contribution < -0.4 is 0 Å². The van der Waals surface area contributed by atoms with E-state index in [2.05, 4.69) is 4.98 Å². The molecular formula is C16H18N2O3. The van der Waals surface area contributed by atoms with Gasteiger partial charge in [0, 0.05) is 26.6 Å². The highest BCUT2D eigenvalue weighted by Crippen LogP contribution is 2.24. The Kier molecular flexibility index (Phi) is 5.03. The van der Waals surface area contributed by atoms with Crippen LogP contribution in [0, 0.1) is 0 Å². The van der Waals surface area contributed by atoms with Crippen LogP contribution in [0.4, 0.5) is 0 Å². The predicted molar refractivity (Wildman–Crippen MR) is 79.2 cm³/mol. The Bertz CT molecular complexity index is 584. The van der Waals surface area contributed by atoms with E-state index in [0.29, 0.717) is 0 Å². The zero-order valence-electron chi connectivity index (χ0n) is 12.3. The molecule has 2 aromatic rings. The molecule has 0 aliphatic heterocycles. The fraction of sp³-hybridized carbons (Fsp3) is 0.250. The highest BCUT2D eigenvalue weighted by molar-refractivity contribution is 5.81. The molecule has 0 fully saturated rings. The number of pyridine rings is 1. The van der Waals surface area contributed by atoms with Crippen molar-refractivity contribution in [2.45, 2.75) is 6.10 Å². The van der Waals surface area contributed by atoms with Crippen molar-refractivity contribution in [1.29, 1.82) is 0 Å². The molecular weight excluding hydrogens is 268 g/mol. The predicted octanol–water partition coefficient (Wildman–Crippen LogP) is 2.46. The lowest BCUT2D eigenvalue weighted by atomic mass is 10.0. The van der Waals surface area contributed by atoms with Gasteiger partial charge in [-0.15, -0.1) is 0 Å². The van der Waals surface area contributed by atoms with E-state index in [0.717, 1.165) is 21.8 Å². The summed E-state index contributed by atoms with van der Waals surface area (Å²) >= 11 is 0. The van der Waals surface area contributed by atoms with Gasteiger partial charge in [-0.3, -0.25) is 14.6 Å². The van der Waals surface area contributed by atoms with Crippen LogP contribution in [0.5, 0.6) is 0 Å². The summed E-state index contributed by atoms with van der Waals surface area (Å²) < 4.78 is 5.28. The molecule has 0 bridgehead atoms. The standard InChI is InChI=1S/C16H18N2O3/c1-18(21-3)16(19)15(20-2)13-8-6-12(7-9-13)14-5-4-10-17-11-14/h4-11,15H,1-3H3. The molecule has 2 rings (SSSR count). The van der Waals surface area contributed by atoms with Gasteiger partial charge in [-0.2, -0.15) is 0 Å². The van der Waals surface area contributed by atoms with E-state index in [1.54, 1.807) is 19.4 Å². The van der Waals surface area contributed by atoms with Gasteiger partial charge in [0.05, 0.1) is 7.11 Å². The fourth-order valence-corrected chi connectivity index (χ4v) is 2.02. The summed E-state index contributed by atoms with van der Waals surface area (Å²) in [5, 5.41) is 1.16. The molecule has 0 aliphatic carbocycles. The molecule has 5 nitrogen and oxygen atoms in total. The van der Waals surface area contributed by atoms with Gasteiger partial charge < -0.3 is 4.74 Å². The largest absolute Gasteiger partial charge is 0.367 e. The number of rotatable bonds is 5. The lowest BCUT2D eigenvalue weighted by molar-refractivity contribution is -0.179. The molecule has 0 spiro atoms. The average molecular weight is 286 g/mol. The van der Waals surface area contributed by atoms with Gasteiger partial charge in [-0.25, -0.2) is 5.06 Å². The first-order valence-corrected chi connectivity index (χ1v) is 6.52. The molecule has 110 valence electrons. The van der Waals surface area contributed by atoms with Crippen molar-refractivity contribution >= 4 is 5.91 Å². The number of ether oxygens (including phenoxy) is 1. The SMILES string of the molecule is COC(C(=O)N(C)OC)c1ccc(-c2cccnc2)cc1. The molecule has 1 aromatic heterocycles. The number of aromatic nitrogens is 1. The summed E-state index contributed by atoms with van der Waals surface area (Å²) in [6.07, 6.45) is 2.85. The number of likely N-dealkylation sites (N-methyl/N-ethyl adjacent to an activating group) is 1. The number of carbonyl (C=O) groups is 1. The number of benzene rings is 1. The van der Waals surface area contributed by atoms with E-state index in [9.17, 15) is 4.79 Å². The molecule has 0 saturated carbocycles. The van der Waals surface area contributed by atoms with Gasteiger partial charge in [0.25, 0.3) is 5.91 Å². The summed E-state index contributed by atoms with van der Waals surface area (Å²) in [4.78, 5) is 21.1. The second-order valence-corrected chi connectivity index (χ2v) is 4.50. The van der Waals surface area contributed by atoms with Gasteiger partial charge >= 0.3 is 0 Å². The monoisotopic (exact) mass is 286 g/mol. The normalized spacial score (nSPS) is 12.0. The number of methoxy groups -OCH3 is 1. The Morgan fingerprint density at radius 3 is 2.38 bits per heavy atom. The summed E-state index contributed by atoms with van der Waals surface area (Å²) in [5.41, 5.74) is 2.84. The Hall–Kier alpha value is -2.24. The van der Waals surface area contributed by atoms with Crippen molar-refractivity contribution in [1.82, 2.24) is 10.0 Å². The average Bonchev–Trinajstić information content (AvgIpc) is 2.56. The fourth-order valence-electron chi connectivity index (χ4n) is 2.02. The van der Waals surface area contributed by atoms with Gasteiger partial charge in [0.15, 0.2) is 6.10 Å². The second kappa shape index (κ2) is 6.97. The minimum absolute atomic E-state index is 0.255. The van der Waals surface area contributed by atoms with E-state index in [-0.39, 0.29) is 5.91 Å². The maximum atomic E-state index is 12.1.